The van der Waals surface area contributed by atoms with Crippen molar-refractivity contribution in [3.63, 3.8) is 0 Å². The smallest absolute Gasteiger partial charge is 0.240 e. The maximum Gasteiger partial charge on any atom is 0.240 e. The molecule has 0 atom stereocenters. The Balaban J connectivity index is 2.56. The summed E-state index contributed by atoms with van der Waals surface area (Å²) in [5, 5.41) is 3.13. The van der Waals surface area contributed by atoms with Gasteiger partial charge in [-0.1, -0.05) is 13.8 Å². The van der Waals surface area contributed by atoms with Crippen LogP contribution in [0.25, 0.3) is 0 Å². The molecule has 7 heteroatoms. The summed E-state index contributed by atoms with van der Waals surface area (Å²) in [4.78, 5) is -0.401. The van der Waals surface area contributed by atoms with E-state index < -0.39 is 26.6 Å². The predicted octanol–water partition coefficient (Wildman–Crippen LogP) is 1.63. The molecule has 0 amide bonds. The first-order valence-corrected chi connectivity index (χ1v) is 7.49. The first-order valence-electron chi connectivity index (χ1n) is 6.00. The van der Waals surface area contributed by atoms with E-state index in [1.54, 1.807) is 0 Å². The van der Waals surface area contributed by atoms with Gasteiger partial charge in [-0.05, 0) is 25.1 Å². The normalized spacial score (nSPS) is 12.1. The summed E-state index contributed by atoms with van der Waals surface area (Å²) in [6.45, 7) is 4.84. The van der Waals surface area contributed by atoms with Crippen LogP contribution in [0.15, 0.2) is 23.1 Å². The van der Waals surface area contributed by atoms with Crippen LogP contribution in [0.2, 0.25) is 0 Å². The number of nitrogens with one attached hydrogen (secondary N) is 2. The molecule has 1 aromatic rings. The average molecular weight is 292 g/mol. The second-order valence-electron chi connectivity index (χ2n) is 4.47. The van der Waals surface area contributed by atoms with Gasteiger partial charge in [-0.15, -0.1) is 0 Å². The average Bonchev–Trinajstić information content (AvgIpc) is 2.26. The van der Waals surface area contributed by atoms with Crippen molar-refractivity contribution in [3.05, 3.63) is 29.8 Å². The molecule has 0 bridgehead atoms. The second kappa shape index (κ2) is 6.93. The summed E-state index contributed by atoms with van der Waals surface area (Å²) in [5.41, 5.74) is 0. The van der Waals surface area contributed by atoms with Crippen LogP contribution in [-0.4, -0.2) is 27.5 Å². The van der Waals surface area contributed by atoms with Gasteiger partial charge in [0.2, 0.25) is 10.0 Å². The Morgan fingerprint density at radius 2 is 1.68 bits per heavy atom. The van der Waals surface area contributed by atoms with E-state index in [9.17, 15) is 17.2 Å². The van der Waals surface area contributed by atoms with Gasteiger partial charge >= 0.3 is 0 Å². The molecule has 0 radical (unpaired) electrons. The van der Waals surface area contributed by atoms with Gasteiger partial charge in [-0.2, -0.15) is 0 Å². The van der Waals surface area contributed by atoms with Crippen LogP contribution in [-0.2, 0) is 10.0 Å². The Bertz CT molecular complexity index is 498. The number of rotatable bonds is 7. The summed E-state index contributed by atoms with van der Waals surface area (Å²) >= 11 is 0. The van der Waals surface area contributed by atoms with Gasteiger partial charge in [0.25, 0.3) is 0 Å². The number of hydrogen-bond acceptors (Lipinski definition) is 3. The molecule has 108 valence electrons. The molecule has 0 heterocycles. The van der Waals surface area contributed by atoms with Gasteiger partial charge in [0.05, 0.1) is 4.90 Å². The third-order valence-electron chi connectivity index (χ3n) is 2.34. The molecule has 4 nitrogen and oxygen atoms in total. The van der Waals surface area contributed by atoms with Crippen molar-refractivity contribution >= 4 is 10.0 Å². The van der Waals surface area contributed by atoms with E-state index in [1.807, 2.05) is 13.8 Å². The van der Waals surface area contributed by atoms with E-state index in [2.05, 4.69) is 10.0 Å². The topological polar surface area (TPSA) is 58.2 Å². The number of hydrogen-bond donors (Lipinski definition) is 2. The Kier molecular flexibility index (Phi) is 5.84. The van der Waals surface area contributed by atoms with E-state index in [0.29, 0.717) is 25.1 Å². The molecule has 0 unspecified atom stereocenters. The van der Waals surface area contributed by atoms with Crippen molar-refractivity contribution in [2.24, 2.45) is 0 Å². The highest BCUT2D eigenvalue weighted by Crippen LogP contribution is 2.13. The van der Waals surface area contributed by atoms with E-state index in [0.717, 1.165) is 12.1 Å². The molecule has 0 aromatic heterocycles. The van der Waals surface area contributed by atoms with Gasteiger partial charge in [-0.25, -0.2) is 21.9 Å². The van der Waals surface area contributed by atoms with Gasteiger partial charge in [0, 0.05) is 18.7 Å². The van der Waals surface area contributed by atoms with Crippen molar-refractivity contribution in [1.29, 1.82) is 0 Å². The predicted molar refractivity (Wildman–Crippen MR) is 69.3 cm³/mol. The van der Waals surface area contributed by atoms with Gasteiger partial charge in [-0.3, -0.25) is 0 Å². The molecule has 0 saturated heterocycles. The fraction of sp³-hybridized carbons (Fsp3) is 0.500. The van der Waals surface area contributed by atoms with Gasteiger partial charge < -0.3 is 5.32 Å². The van der Waals surface area contributed by atoms with Crippen LogP contribution in [0.5, 0.6) is 0 Å². The Hall–Kier alpha value is -1.05. The molecular weight excluding hydrogens is 274 g/mol. The molecule has 0 fully saturated rings. The Morgan fingerprint density at radius 3 is 2.21 bits per heavy atom. The maximum absolute atomic E-state index is 12.9. The number of halogens is 2. The zero-order valence-electron chi connectivity index (χ0n) is 10.9. The van der Waals surface area contributed by atoms with E-state index in [1.165, 1.54) is 0 Å². The minimum absolute atomic E-state index is 0.209. The summed E-state index contributed by atoms with van der Waals surface area (Å²) in [6, 6.07) is 2.54. The van der Waals surface area contributed by atoms with E-state index >= 15 is 0 Å². The number of benzene rings is 1. The molecule has 0 aliphatic carbocycles. The lowest BCUT2D eigenvalue weighted by Crippen LogP contribution is -2.29. The number of sulfonamides is 1. The molecule has 1 rings (SSSR count). The van der Waals surface area contributed by atoms with Crippen molar-refractivity contribution < 1.29 is 17.2 Å². The molecule has 1 aromatic carbocycles. The van der Waals surface area contributed by atoms with Gasteiger partial charge in [0.15, 0.2) is 0 Å². The third-order valence-corrected chi connectivity index (χ3v) is 3.79. The molecule has 0 aliphatic heterocycles. The van der Waals surface area contributed by atoms with Crippen LogP contribution >= 0.6 is 0 Å². The molecule has 0 saturated carbocycles. The van der Waals surface area contributed by atoms with Crippen LogP contribution in [0, 0.1) is 11.6 Å². The monoisotopic (exact) mass is 292 g/mol. The highest BCUT2D eigenvalue weighted by Gasteiger charge is 2.15. The fourth-order valence-corrected chi connectivity index (χ4v) is 2.57. The maximum atomic E-state index is 12.9. The lowest BCUT2D eigenvalue weighted by atomic mass is 10.3. The Morgan fingerprint density at radius 1 is 1.11 bits per heavy atom. The highest BCUT2D eigenvalue weighted by atomic mass is 32.2. The Labute approximate surface area is 112 Å². The third kappa shape index (κ3) is 5.63. The van der Waals surface area contributed by atoms with Gasteiger partial charge in [0.1, 0.15) is 11.6 Å². The summed E-state index contributed by atoms with van der Waals surface area (Å²) < 4.78 is 51.7. The summed E-state index contributed by atoms with van der Waals surface area (Å²) in [6.07, 6.45) is 0.592. The zero-order chi connectivity index (χ0) is 14.5. The highest BCUT2D eigenvalue weighted by molar-refractivity contribution is 7.89. The van der Waals surface area contributed by atoms with Crippen molar-refractivity contribution in [2.45, 2.75) is 31.2 Å². The first kappa shape index (κ1) is 16.0. The lowest BCUT2D eigenvalue weighted by Gasteiger charge is -2.09. The van der Waals surface area contributed by atoms with Crippen LogP contribution in [0.1, 0.15) is 20.3 Å². The zero-order valence-corrected chi connectivity index (χ0v) is 11.7. The summed E-state index contributed by atoms with van der Waals surface area (Å²) in [7, 11) is -3.86. The molecule has 0 spiro atoms. The van der Waals surface area contributed by atoms with Crippen LogP contribution < -0.4 is 10.0 Å². The second-order valence-corrected chi connectivity index (χ2v) is 6.23. The molecule has 0 aliphatic rings. The van der Waals surface area contributed by atoms with Crippen molar-refractivity contribution in [2.75, 3.05) is 13.1 Å². The molecule has 2 N–H and O–H groups in total. The lowest BCUT2D eigenvalue weighted by molar-refractivity contribution is 0.549. The van der Waals surface area contributed by atoms with Crippen molar-refractivity contribution in [3.8, 4) is 0 Å². The largest absolute Gasteiger partial charge is 0.314 e. The minimum atomic E-state index is -3.86. The molecular formula is C12H18F2N2O2S. The van der Waals surface area contributed by atoms with E-state index in [-0.39, 0.29) is 6.54 Å². The van der Waals surface area contributed by atoms with Crippen molar-refractivity contribution in [1.82, 2.24) is 10.0 Å². The fourth-order valence-electron chi connectivity index (χ4n) is 1.45. The quantitative estimate of drug-likeness (QED) is 0.751. The van der Waals surface area contributed by atoms with Crippen LogP contribution in [0.4, 0.5) is 8.78 Å². The SMILES string of the molecule is CC(C)NCCCNS(=O)(=O)c1cc(F)cc(F)c1. The summed E-state index contributed by atoms with van der Waals surface area (Å²) in [5.74, 6) is -1.83. The standard InChI is InChI=1S/C12H18F2N2O2S/c1-9(2)15-4-3-5-16-19(17,18)12-7-10(13)6-11(14)8-12/h6-9,15-16H,3-5H2,1-2H3. The first-order chi connectivity index (χ1) is 8.81. The van der Waals surface area contributed by atoms with E-state index in [4.69, 9.17) is 0 Å². The molecule has 19 heavy (non-hydrogen) atoms. The minimum Gasteiger partial charge on any atom is -0.314 e. The van der Waals surface area contributed by atoms with Crippen LogP contribution in [0.3, 0.4) is 0 Å².